The van der Waals surface area contributed by atoms with Crippen LogP contribution < -0.4 is 0 Å². The Balaban J connectivity index is 2.86. The summed E-state index contributed by atoms with van der Waals surface area (Å²) >= 11 is 0. The van der Waals surface area contributed by atoms with Gasteiger partial charge in [0.05, 0.1) is 4.90 Å². The molecule has 0 aliphatic heterocycles. The van der Waals surface area contributed by atoms with E-state index in [0.717, 1.165) is 22.0 Å². The monoisotopic (exact) mass is 255 g/mol. The molecule has 0 radical (unpaired) electrons. The SMILES string of the molecule is Cc1cnc(C)c2cc(S(=O)(=O)Cl)ccc12. The second kappa shape index (κ2) is 3.71. The molecule has 0 saturated carbocycles. The molecule has 1 aromatic heterocycles. The number of benzene rings is 1. The lowest BCUT2D eigenvalue weighted by Gasteiger charge is -2.05. The number of halogens is 1. The van der Waals surface area contributed by atoms with Gasteiger partial charge in [-0.1, -0.05) is 6.07 Å². The van der Waals surface area contributed by atoms with Crippen molar-refractivity contribution in [2.45, 2.75) is 18.7 Å². The summed E-state index contributed by atoms with van der Waals surface area (Å²) in [6.45, 7) is 3.77. The van der Waals surface area contributed by atoms with Crippen molar-refractivity contribution in [2.75, 3.05) is 0 Å². The van der Waals surface area contributed by atoms with Gasteiger partial charge in [0, 0.05) is 28.0 Å². The van der Waals surface area contributed by atoms with Crippen LogP contribution in [-0.4, -0.2) is 13.4 Å². The standard InChI is InChI=1S/C11H10ClNO2S/c1-7-6-13-8(2)11-5-9(16(12,14)15)3-4-10(7)11/h3-6H,1-2H3. The largest absolute Gasteiger partial charge is 0.261 e. The van der Waals surface area contributed by atoms with Gasteiger partial charge in [0.2, 0.25) is 0 Å². The maximum absolute atomic E-state index is 11.2. The summed E-state index contributed by atoms with van der Waals surface area (Å²) in [6.07, 6.45) is 1.77. The van der Waals surface area contributed by atoms with E-state index < -0.39 is 9.05 Å². The number of hydrogen-bond acceptors (Lipinski definition) is 3. The second-order valence-corrected chi connectivity index (χ2v) is 6.24. The van der Waals surface area contributed by atoms with Crippen LogP contribution >= 0.6 is 10.7 Å². The van der Waals surface area contributed by atoms with Crippen LogP contribution in [0.1, 0.15) is 11.3 Å². The molecule has 0 saturated heterocycles. The summed E-state index contributed by atoms with van der Waals surface area (Å²) < 4.78 is 22.4. The molecule has 0 bridgehead atoms. The average Bonchev–Trinajstić information content (AvgIpc) is 2.22. The Bertz CT molecular complexity index is 665. The van der Waals surface area contributed by atoms with Gasteiger partial charge in [0.25, 0.3) is 9.05 Å². The number of fused-ring (bicyclic) bond motifs is 1. The van der Waals surface area contributed by atoms with Crippen molar-refractivity contribution < 1.29 is 8.42 Å². The molecule has 1 heterocycles. The summed E-state index contributed by atoms with van der Waals surface area (Å²) in [6, 6.07) is 4.83. The van der Waals surface area contributed by atoms with E-state index in [4.69, 9.17) is 10.7 Å². The van der Waals surface area contributed by atoms with Crippen molar-refractivity contribution in [1.29, 1.82) is 0 Å². The van der Waals surface area contributed by atoms with E-state index in [-0.39, 0.29) is 4.90 Å². The summed E-state index contributed by atoms with van der Waals surface area (Å²) in [5.41, 5.74) is 1.81. The molecule has 84 valence electrons. The highest BCUT2D eigenvalue weighted by molar-refractivity contribution is 8.13. The molecule has 0 unspecified atom stereocenters. The van der Waals surface area contributed by atoms with E-state index >= 15 is 0 Å². The number of pyridine rings is 1. The molecule has 2 aromatic rings. The summed E-state index contributed by atoms with van der Waals surface area (Å²) in [5, 5.41) is 1.82. The minimum atomic E-state index is -3.68. The zero-order valence-corrected chi connectivity index (χ0v) is 10.4. The number of hydrogen-bond donors (Lipinski definition) is 0. The molecule has 16 heavy (non-hydrogen) atoms. The van der Waals surface area contributed by atoms with E-state index in [1.807, 2.05) is 13.8 Å². The van der Waals surface area contributed by atoms with Gasteiger partial charge in [-0.3, -0.25) is 4.98 Å². The Morgan fingerprint density at radius 1 is 1.19 bits per heavy atom. The lowest BCUT2D eigenvalue weighted by atomic mass is 10.1. The highest BCUT2D eigenvalue weighted by Gasteiger charge is 2.11. The Labute approximate surface area is 98.5 Å². The molecule has 0 spiro atoms. The maximum atomic E-state index is 11.2. The van der Waals surface area contributed by atoms with E-state index in [1.165, 1.54) is 6.07 Å². The first-order chi connectivity index (χ1) is 7.39. The summed E-state index contributed by atoms with van der Waals surface area (Å²) in [7, 11) is 1.62. The van der Waals surface area contributed by atoms with Gasteiger partial charge in [-0.15, -0.1) is 0 Å². The molecule has 1 aromatic carbocycles. The molecule has 2 rings (SSSR count). The second-order valence-electron chi connectivity index (χ2n) is 3.67. The molecule has 0 atom stereocenters. The minimum absolute atomic E-state index is 0.108. The van der Waals surface area contributed by atoms with Gasteiger partial charge in [-0.05, 0) is 36.9 Å². The van der Waals surface area contributed by atoms with Crippen molar-refractivity contribution in [3.8, 4) is 0 Å². The van der Waals surface area contributed by atoms with Crippen molar-refractivity contribution in [2.24, 2.45) is 0 Å². The summed E-state index contributed by atoms with van der Waals surface area (Å²) in [4.78, 5) is 4.30. The topological polar surface area (TPSA) is 47.0 Å². The first-order valence-electron chi connectivity index (χ1n) is 4.70. The zero-order valence-electron chi connectivity index (χ0n) is 8.86. The quantitative estimate of drug-likeness (QED) is 0.736. The fourth-order valence-corrected chi connectivity index (χ4v) is 2.43. The van der Waals surface area contributed by atoms with Crippen molar-refractivity contribution in [1.82, 2.24) is 4.98 Å². The Kier molecular flexibility index (Phi) is 2.64. The third kappa shape index (κ3) is 1.90. The van der Waals surface area contributed by atoms with E-state index in [0.29, 0.717) is 0 Å². The van der Waals surface area contributed by atoms with Gasteiger partial charge in [0.15, 0.2) is 0 Å². The fraction of sp³-hybridized carbons (Fsp3) is 0.182. The van der Waals surface area contributed by atoms with Crippen LogP contribution in [0, 0.1) is 13.8 Å². The van der Waals surface area contributed by atoms with Crippen LogP contribution in [0.4, 0.5) is 0 Å². The Morgan fingerprint density at radius 2 is 1.88 bits per heavy atom. The molecular weight excluding hydrogens is 246 g/mol. The smallest absolute Gasteiger partial charge is 0.261 e. The van der Waals surface area contributed by atoms with Crippen LogP contribution in [0.25, 0.3) is 10.8 Å². The van der Waals surface area contributed by atoms with E-state index in [1.54, 1.807) is 18.3 Å². The van der Waals surface area contributed by atoms with Crippen LogP contribution in [0.2, 0.25) is 0 Å². The van der Waals surface area contributed by atoms with E-state index in [2.05, 4.69) is 4.98 Å². The van der Waals surface area contributed by atoms with Crippen molar-refractivity contribution >= 4 is 30.5 Å². The molecule has 5 heteroatoms. The predicted molar refractivity (Wildman–Crippen MR) is 64.3 cm³/mol. The third-order valence-corrected chi connectivity index (χ3v) is 3.89. The lowest BCUT2D eigenvalue weighted by Crippen LogP contribution is -1.93. The first kappa shape index (κ1) is 11.4. The Hall–Kier alpha value is -1.13. The first-order valence-corrected chi connectivity index (χ1v) is 7.01. The number of aromatic nitrogens is 1. The normalized spacial score (nSPS) is 11.9. The zero-order chi connectivity index (χ0) is 11.9. The molecule has 0 fully saturated rings. The fourth-order valence-electron chi connectivity index (χ4n) is 1.65. The number of rotatable bonds is 1. The summed E-state index contributed by atoms with van der Waals surface area (Å²) in [5.74, 6) is 0. The van der Waals surface area contributed by atoms with E-state index in [9.17, 15) is 8.42 Å². The lowest BCUT2D eigenvalue weighted by molar-refractivity contribution is 0.609. The molecule has 0 aliphatic carbocycles. The average molecular weight is 256 g/mol. The van der Waals surface area contributed by atoms with Crippen LogP contribution in [-0.2, 0) is 9.05 Å². The predicted octanol–water partition coefficient (Wildman–Crippen LogP) is 2.78. The van der Waals surface area contributed by atoms with Gasteiger partial charge < -0.3 is 0 Å². The number of aryl methyl sites for hydroxylation is 2. The molecule has 3 nitrogen and oxygen atoms in total. The minimum Gasteiger partial charge on any atom is -0.261 e. The Morgan fingerprint density at radius 3 is 2.50 bits per heavy atom. The van der Waals surface area contributed by atoms with Gasteiger partial charge >= 0.3 is 0 Å². The number of nitrogens with zero attached hydrogens (tertiary/aromatic N) is 1. The highest BCUT2D eigenvalue weighted by Crippen LogP contribution is 2.25. The molecular formula is C11H10ClNO2S. The van der Waals surface area contributed by atoms with Gasteiger partial charge in [-0.25, -0.2) is 8.42 Å². The van der Waals surface area contributed by atoms with Crippen molar-refractivity contribution in [3.63, 3.8) is 0 Å². The van der Waals surface area contributed by atoms with Crippen molar-refractivity contribution in [3.05, 3.63) is 35.7 Å². The highest BCUT2D eigenvalue weighted by atomic mass is 35.7. The van der Waals surface area contributed by atoms with Gasteiger partial charge in [-0.2, -0.15) is 0 Å². The van der Waals surface area contributed by atoms with Crippen LogP contribution in [0.5, 0.6) is 0 Å². The molecule has 0 aliphatic rings. The van der Waals surface area contributed by atoms with Crippen LogP contribution in [0.15, 0.2) is 29.3 Å². The molecule has 0 N–H and O–H groups in total. The molecule has 0 amide bonds. The van der Waals surface area contributed by atoms with Gasteiger partial charge in [0.1, 0.15) is 0 Å². The third-order valence-electron chi connectivity index (χ3n) is 2.54. The maximum Gasteiger partial charge on any atom is 0.261 e. The van der Waals surface area contributed by atoms with Crippen LogP contribution in [0.3, 0.4) is 0 Å².